The number of rotatable bonds is 8. The van der Waals surface area contributed by atoms with E-state index in [1.165, 1.54) is 115 Å². The molecule has 0 N–H and O–H groups in total. The van der Waals surface area contributed by atoms with Crippen LogP contribution in [0.4, 0.5) is 0 Å². The third-order valence-corrected chi connectivity index (χ3v) is 23.9. The number of benzene rings is 17. The summed E-state index contributed by atoms with van der Waals surface area (Å²) in [4.78, 5) is 31.4. The van der Waals surface area contributed by atoms with Gasteiger partial charge in [-0.05, 0) is 183 Å². The van der Waals surface area contributed by atoms with Crippen LogP contribution in [0.2, 0.25) is 0 Å². The molecule has 0 bridgehead atoms. The first kappa shape index (κ1) is 64.7. The molecule has 6 heteroatoms. The SMILES string of the molecule is CC1(C)c2cccc(-c3ccc(-c4nc(-c5cc6ccccc6c6ccccc56)nc(-c5cc6ccccc6c6ccccc56)n4)cc3)c2C2C=CC=CC21.CC1(C)c2ccccc2-c2cc(-c3ccc(-c4nc(-c5ccc6ccc7ccccc7c6c5)nc(-c5ccc6ccc7ccccc7c6c5)n4)cc3)ccc21. The summed E-state index contributed by atoms with van der Waals surface area (Å²) in [5.74, 6) is 4.74. The first-order valence-electron chi connectivity index (χ1n) is 38.1. The lowest BCUT2D eigenvalue weighted by Gasteiger charge is -2.29. The summed E-state index contributed by atoms with van der Waals surface area (Å²) in [6.45, 7) is 9.42. The van der Waals surface area contributed by atoms with E-state index in [1.807, 2.05) is 0 Å². The van der Waals surface area contributed by atoms with Gasteiger partial charge in [0.05, 0.1) is 0 Å². The van der Waals surface area contributed by atoms with E-state index >= 15 is 0 Å². The van der Waals surface area contributed by atoms with Crippen molar-refractivity contribution in [2.24, 2.45) is 5.92 Å². The van der Waals surface area contributed by atoms with Crippen molar-refractivity contribution in [2.45, 2.75) is 44.4 Å². The summed E-state index contributed by atoms with van der Waals surface area (Å²) in [7, 11) is 0. The first-order valence-corrected chi connectivity index (χ1v) is 38.1. The van der Waals surface area contributed by atoms with Gasteiger partial charge in [-0.15, -0.1) is 0 Å². The molecule has 19 aromatic rings. The van der Waals surface area contributed by atoms with Gasteiger partial charge in [-0.2, -0.15) is 0 Å². The molecule has 3 aliphatic carbocycles. The van der Waals surface area contributed by atoms with Gasteiger partial charge in [0, 0.05) is 44.7 Å². The lowest BCUT2D eigenvalue weighted by atomic mass is 9.74. The van der Waals surface area contributed by atoms with Crippen molar-refractivity contribution in [2.75, 3.05) is 0 Å². The molecular formula is C104H72N6. The van der Waals surface area contributed by atoms with Gasteiger partial charge in [0.2, 0.25) is 0 Å². The molecule has 6 nitrogen and oxygen atoms in total. The van der Waals surface area contributed by atoms with Gasteiger partial charge in [0.1, 0.15) is 0 Å². The zero-order valence-corrected chi connectivity index (χ0v) is 61.3. The fraction of sp³-hybridized carbons (Fsp3) is 0.0769. The lowest BCUT2D eigenvalue weighted by molar-refractivity contribution is 0.394. The molecule has 0 saturated carbocycles. The van der Waals surface area contributed by atoms with E-state index in [2.05, 4.69) is 380 Å². The topological polar surface area (TPSA) is 77.3 Å². The molecule has 2 heterocycles. The Kier molecular flexibility index (Phi) is 15.0. The number of hydrogen-bond donors (Lipinski definition) is 0. The predicted molar refractivity (Wildman–Crippen MR) is 458 cm³/mol. The largest absolute Gasteiger partial charge is 0.208 e. The molecule has 0 amide bonds. The number of hydrogen-bond acceptors (Lipinski definition) is 6. The zero-order valence-electron chi connectivity index (χ0n) is 61.3. The molecule has 0 fully saturated rings. The van der Waals surface area contributed by atoms with E-state index in [0.29, 0.717) is 46.8 Å². The molecule has 0 aliphatic heterocycles. The van der Waals surface area contributed by atoms with Crippen LogP contribution in [0.1, 0.15) is 55.9 Å². The molecule has 2 atom stereocenters. The summed E-state index contributed by atoms with van der Waals surface area (Å²) in [6, 6.07) is 118. The average Bonchev–Trinajstić information content (AvgIpc) is 1.53. The van der Waals surface area contributed by atoms with E-state index in [9.17, 15) is 0 Å². The van der Waals surface area contributed by atoms with E-state index in [-0.39, 0.29) is 10.8 Å². The zero-order chi connectivity index (χ0) is 73.3. The highest BCUT2D eigenvalue weighted by atomic mass is 15.0. The minimum Gasteiger partial charge on any atom is -0.208 e. The maximum Gasteiger partial charge on any atom is 0.164 e. The van der Waals surface area contributed by atoms with Gasteiger partial charge in [-0.25, -0.2) is 29.9 Å². The Labute approximate surface area is 638 Å². The van der Waals surface area contributed by atoms with Gasteiger partial charge in [-0.1, -0.05) is 349 Å². The number of fused-ring (bicyclic) bond motifs is 18. The molecule has 0 spiro atoms. The second-order valence-corrected chi connectivity index (χ2v) is 30.8. The van der Waals surface area contributed by atoms with Crippen LogP contribution in [0.15, 0.2) is 352 Å². The maximum absolute atomic E-state index is 5.34. The Balaban J connectivity index is 0.000000140. The van der Waals surface area contributed by atoms with Crippen molar-refractivity contribution in [1.82, 2.24) is 29.9 Å². The third-order valence-electron chi connectivity index (χ3n) is 23.9. The predicted octanol–water partition coefficient (Wildman–Crippen LogP) is 26.7. The van der Waals surface area contributed by atoms with Crippen molar-refractivity contribution >= 4 is 86.2 Å². The molecule has 22 rings (SSSR count). The fourth-order valence-corrected chi connectivity index (χ4v) is 18.3. The Morgan fingerprint density at radius 2 is 0.582 bits per heavy atom. The first-order chi connectivity index (χ1) is 54.0. The highest BCUT2D eigenvalue weighted by Gasteiger charge is 2.45. The quantitative estimate of drug-likeness (QED) is 0.141. The summed E-state index contributed by atoms with van der Waals surface area (Å²) in [5, 5.41) is 18.9. The molecule has 17 aromatic carbocycles. The summed E-state index contributed by atoms with van der Waals surface area (Å²) in [5.41, 5.74) is 19.0. The number of aromatic nitrogens is 6. The molecular weight excluding hydrogens is 1330 g/mol. The summed E-state index contributed by atoms with van der Waals surface area (Å²) in [6.07, 6.45) is 9.20. The molecule has 0 radical (unpaired) electrons. The summed E-state index contributed by atoms with van der Waals surface area (Å²) >= 11 is 0. The second-order valence-electron chi connectivity index (χ2n) is 30.8. The number of nitrogens with zero attached hydrogens (tertiary/aromatic N) is 6. The van der Waals surface area contributed by atoms with Crippen LogP contribution in [0, 0.1) is 5.92 Å². The maximum atomic E-state index is 5.34. The Morgan fingerprint density at radius 1 is 0.218 bits per heavy atom. The minimum absolute atomic E-state index is 0.0152. The summed E-state index contributed by atoms with van der Waals surface area (Å²) < 4.78 is 0. The second kappa shape index (κ2) is 25.5. The monoisotopic (exact) mass is 1400 g/mol. The highest BCUT2D eigenvalue weighted by molar-refractivity contribution is 6.16. The van der Waals surface area contributed by atoms with Crippen LogP contribution < -0.4 is 0 Å². The average molecular weight is 1410 g/mol. The van der Waals surface area contributed by atoms with Crippen molar-refractivity contribution < 1.29 is 0 Å². The van der Waals surface area contributed by atoms with E-state index in [4.69, 9.17) is 29.9 Å². The Hall–Kier alpha value is -13.7. The van der Waals surface area contributed by atoms with Crippen molar-refractivity contribution in [1.29, 1.82) is 0 Å². The van der Waals surface area contributed by atoms with E-state index in [1.54, 1.807) is 0 Å². The minimum atomic E-state index is -0.0152. The fourth-order valence-electron chi connectivity index (χ4n) is 18.3. The number of allylic oxidation sites excluding steroid dienone is 4. The molecule has 3 aliphatic rings. The Morgan fingerprint density at radius 3 is 1.13 bits per heavy atom. The van der Waals surface area contributed by atoms with Crippen LogP contribution in [-0.2, 0) is 10.8 Å². The van der Waals surface area contributed by atoms with Crippen molar-refractivity contribution in [3.63, 3.8) is 0 Å². The Bertz CT molecular complexity index is 6830. The molecule has 110 heavy (non-hydrogen) atoms. The standard InChI is InChI=1S/C52H37N3.C52H35N3/c1-52(2)46-24-12-11-22-43(46)48-38(23-13-25-47(48)52)32-26-28-33(29-27-32)49-53-50(44-30-34-14-3-5-16-36(34)39-18-7-9-20-41(39)44)55-51(54-49)45-31-35-15-4-6-17-37(35)40-19-8-10-21-42(40)45;1-52(2)47-14-8-7-13-43(47)46-29-38(27-28-48(46)52)32-15-23-37(24-16-32)49-53-50(39-25-21-35-19-17-33-9-3-5-11-41(33)44(35)30-39)55-51(54-49)40-26-22-36-20-18-34-10-4-6-12-42(34)45(36)31-40/h3-31,43,46H,1-2H3;3-31H,1-2H3. The van der Waals surface area contributed by atoms with Gasteiger partial charge < -0.3 is 0 Å². The van der Waals surface area contributed by atoms with Crippen LogP contribution in [0.3, 0.4) is 0 Å². The van der Waals surface area contributed by atoms with E-state index < -0.39 is 0 Å². The van der Waals surface area contributed by atoms with E-state index in [0.717, 1.165) is 60.5 Å². The van der Waals surface area contributed by atoms with Crippen LogP contribution in [0.5, 0.6) is 0 Å². The molecule has 2 aromatic heterocycles. The third kappa shape index (κ3) is 10.7. The van der Waals surface area contributed by atoms with Crippen LogP contribution in [-0.4, -0.2) is 29.9 Å². The highest BCUT2D eigenvalue weighted by Crippen LogP contribution is 2.56. The van der Waals surface area contributed by atoms with Crippen molar-refractivity contribution in [3.05, 3.63) is 374 Å². The van der Waals surface area contributed by atoms with Gasteiger partial charge in [-0.3, -0.25) is 0 Å². The smallest absolute Gasteiger partial charge is 0.164 e. The van der Waals surface area contributed by atoms with Crippen LogP contribution >= 0.6 is 0 Å². The van der Waals surface area contributed by atoms with Gasteiger partial charge in [0.15, 0.2) is 34.9 Å². The van der Waals surface area contributed by atoms with Crippen LogP contribution in [0.25, 0.3) is 188 Å². The molecule has 0 saturated heterocycles. The molecule has 2 unspecified atom stereocenters. The molecule has 518 valence electrons. The lowest BCUT2D eigenvalue weighted by Crippen LogP contribution is -2.24. The normalized spacial score (nSPS) is 15.0. The van der Waals surface area contributed by atoms with Gasteiger partial charge >= 0.3 is 0 Å². The van der Waals surface area contributed by atoms with Gasteiger partial charge in [0.25, 0.3) is 0 Å². The van der Waals surface area contributed by atoms with Crippen molar-refractivity contribution in [3.8, 4) is 102 Å².